The fourth-order valence-electron chi connectivity index (χ4n) is 1.19. The lowest BCUT2D eigenvalue weighted by molar-refractivity contribution is 0.0635. The molecule has 17 heavy (non-hydrogen) atoms. The standard InChI is InChI=1S/C11H19N3O3/c1-11(2,3)17-10(16)12-9-5-7-14(13-9)6-4-8-15/h5,7,15H,4,6,8H2,1-3H3,(H,12,13,16). The number of aryl methyl sites for hydroxylation is 1. The minimum Gasteiger partial charge on any atom is -0.444 e. The van der Waals surface area contributed by atoms with Crippen LogP contribution in [0, 0.1) is 0 Å². The normalized spacial score (nSPS) is 11.3. The monoisotopic (exact) mass is 241 g/mol. The molecule has 0 saturated heterocycles. The van der Waals surface area contributed by atoms with Crippen LogP contribution in [-0.4, -0.2) is 33.2 Å². The van der Waals surface area contributed by atoms with Crippen LogP contribution in [0.1, 0.15) is 27.2 Å². The molecule has 0 fully saturated rings. The van der Waals surface area contributed by atoms with E-state index in [1.165, 1.54) is 0 Å². The molecule has 1 rings (SSSR count). The van der Waals surface area contributed by atoms with E-state index in [2.05, 4.69) is 10.4 Å². The van der Waals surface area contributed by atoms with Crippen LogP contribution >= 0.6 is 0 Å². The van der Waals surface area contributed by atoms with E-state index in [1.54, 1.807) is 37.7 Å². The van der Waals surface area contributed by atoms with Crippen molar-refractivity contribution in [1.82, 2.24) is 9.78 Å². The van der Waals surface area contributed by atoms with Gasteiger partial charge in [-0.1, -0.05) is 0 Å². The molecule has 2 N–H and O–H groups in total. The first-order valence-corrected chi connectivity index (χ1v) is 5.55. The van der Waals surface area contributed by atoms with E-state index in [4.69, 9.17) is 9.84 Å². The Morgan fingerprint density at radius 1 is 1.59 bits per heavy atom. The van der Waals surface area contributed by atoms with E-state index < -0.39 is 11.7 Å². The number of rotatable bonds is 4. The Morgan fingerprint density at radius 3 is 2.88 bits per heavy atom. The second kappa shape index (κ2) is 5.67. The highest BCUT2D eigenvalue weighted by Crippen LogP contribution is 2.10. The molecule has 6 nitrogen and oxygen atoms in total. The summed E-state index contributed by atoms with van der Waals surface area (Å²) >= 11 is 0. The molecular weight excluding hydrogens is 222 g/mol. The van der Waals surface area contributed by atoms with Crippen molar-refractivity contribution in [1.29, 1.82) is 0 Å². The molecule has 0 bridgehead atoms. The van der Waals surface area contributed by atoms with Crippen LogP contribution in [0.5, 0.6) is 0 Å². The smallest absolute Gasteiger partial charge is 0.413 e. The van der Waals surface area contributed by atoms with Crippen LogP contribution in [0.3, 0.4) is 0 Å². The number of aromatic nitrogens is 2. The summed E-state index contributed by atoms with van der Waals surface area (Å²) < 4.78 is 6.75. The molecule has 1 amide bonds. The van der Waals surface area contributed by atoms with Gasteiger partial charge in [0.25, 0.3) is 0 Å². The van der Waals surface area contributed by atoms with Gasteiger partial charge in [0, 0.05) is 25.4 Å². The number of aliphatic hydroxyl groups excluding tert-OH is 1. The summed E-state index contributed by atoms with van der Waals surface area (Å²) in [5.41, 5.74) is -0.524. The van der Waals surface area contributed by atoms with E-state index in [0.717, 1.165) is 0 Å². The van der Waals surface area contributed by atoms with Crippen molar-refractivity contribution >= 4 is 11.9 Å². The maximum Gasteiger partial charge on any atom is 0.413 e. The first kappa shape index (κ1) is 13.5. The average Bonchev–Trinajstić information content (AvgIpc) is 2.59. The van der Waals surface area contributed by atoms with Crippen molar-refractivity contribution in [3.8, 4) is 0 Å². The second-order valence-corrected chi connectivity index (χ2v) is 4.67. The third kappa shape index (κ3) is 5.35. The summed E-state index contributed by atoms with van der Waals surface area (Å²) in [6.07, 6.45) is 1.85. The molecule has 0 radical (unpaired) electrons. The van der Waals surface area contributed by atoms with Crippen molar-refractivity contribution in [3.05, 3.63) is 12.3 Å². The summed E-state index contributed by atoms with van der Waals surface area (Å²) in [7, 11) is 0. The lowest BCUT2D eigenvalue weighted by atomic mass is 10.2. The summed E-state index contributed by atoms with van der Waals surface area (Å²) in [6.45, 7) is 6.13. The van der Waals surface area contributed by atoms with Gasteiger partial charge in [-0.25, -0.2) is 4.79 Å². The molecule has 1 aromatic heterocycles. The first-order chi connectivity index (χ1) is 7.90. The predicted molar refractivity (Wildman–Crippen MR) is 63.8 cm³/mol. The van der Waals surface area contributed by atoms with Crippen molar-refractivity contribution in [3.63, 3.8) is 0 Å². The van der Waals surface area contributed by atoms with Gasteiger partial charge in [0.1, 0.15) is 5.60 Å². The van der Waals surface area contributed by atoms with Gasteiger partial charge in [-0.3, -0.25) is 10.00 Å². The van der Waals surface area contributed by atoms with E-state index >= 15 is 0 Å². The molecule has 0 aliphatic rings. The minimum absolute atomic E-state index is 0.120. The number of anilines is 1. The van der Waals surface area contributed by atoms with Crippen LogP contribution < -0.4 is 5.32 Å². The average molecular weight is 241 g/mol. The molecule has 0 aromatic carbocycles. The van der Waals surface area contributed by atoms with E-state index in [1.807, 2.05) is 0 Å². The topological polar surface area (TPSA) is 76.4 Å². The number of carbonyl (C=O) groups excluding carboxylic acids is 1. The molecule has 0 atom stereocenters. The van der Waals surface area contributed by atoms with Gasteiger partial charge in [0.15, 0.2) is 5.82 Å². The van der Waals surface area contributed by atoms with E-state index in [9.17, 15) is 4.79 Å². The summed E-state index contributed by atoms with van der Waals surface area (Å²) in [4.78, 5) is 11.4. The molecule has 0 aliphatic heterocycles. The van der Waals surface area contributed by atoms with Crippen LogP contribution in [0.25, 0.3) is 0 Å². The van der Waals surface area contributed by atoms with E-state index in [-0.39, 0.29) is 6.61 Å². The molecule has 0 aliphatic carbocycles. The third-order valence-electron chi connectivity index (χ3n) is 1.82. The van der Waals surface area contributed by atoms with E-state index in [0.29, 0.717) is 18.8 Å². The fraction of sp³-hybridized carbons (Fsp3) is 0.636. The fourth-order valence-corrected chi connectivity index (χ4v) is 1.19. The highest BCUT2D eigenvalue weighted by Gasteiger charge is 2.16. The number of amides is 1. The maximum atomic E-state index is 11.4. The zero-order valence-electron chi connectivity index (χ0n) is 10.4. The molecule has 96 valence electrons. The van der Waals surface area contributed by atoms with Gasteiger partial charge in [-0.05, 0) is 27.2 Å². The first-order valence-electron chi connectivity index (χ1n) is 5.55. The highest BCUT2D eigenvalue weighted by atomic mass is 16.6. The van der Waals surface area contributed by atoms with Crippen molar-refractivity contribution < 1.29 is 14.6 Å². The molecule has 0 saturated carbocycles. The Hall–Kier alpha value is -1.56. The molecule has 0 unspecified atom stereocenters. The number of carbonyl (C=O) groups is 1. The lowest BCUT2D eigenvalue weighted by Crippen LogP contribution is -2.27. The molecule has 1 heterocycles. The Kier molecular flexibility index (Phi) is 4.51. The van der Waals surface area contributed by atoms with Crippen molar-refractivity contribution in [2.24, 2.45) is 0 Å². The van der Waals surface area contributed by atoms with Gasteiger partial charge in [0.2, 0.25) is 0 Å². The Morgan fingerprint density at radius 2 is 2.29 bits per heavy atom. The van der Waals surface area contributed by atoms with Crippen LogP contribution in [0.4, 0.5) is 10.6 Å². The SMILES string of the molecule is CC(C)(C)OC(=O)Nc1ccn(CCCO)n1. The Labute approximate surface area is 101 Å². The number of nitrogens with one attached hydrogen (secondary N) is 1. The zero-order valence-corrected chi connectivity index (χ0v) is 10.4. The van der Waals surface area contributed by atoms with Crippen LogP contribution in [-0.2, 0) is 11.3 Å². The van der Waals surface area contributed by atoms with Crippen molar-refractivity contribution in [2.45, 2.75) is 39.3 Å². The largest absolute Gasteiger partial charge is 0.444 e. The number of hydrogen-bond donors (Lipinski definition) is 2. The van der Waals surface area contributed by atoms with Gasteiger partial charge in [0.05, 0.1) is 0 Å². The van der Waals surface area contributed by atoms with Gasteiger partial charge < -0.3 is 9.84 Å². The van der Waals surface area contributed by atoms with Gasteiger partial charge >= 0.3 is 6.09 Å². The summed E-state index contributed by atoms with van der Waals surface area (Å²) in [5.74, 6) is 0.442. The van der Waals surface area contributed by atoms with Gasteiger partial charge in [-0.15, -0.1) is 0 Å². The summed E-state index contributed by atoms with van der Waals surface area (Å²) in [6, 6.07) is 1.68. The minimum atomic E-state index is -0.524. The number of hydrogen-bond acceptors (Lipinski definition) is 4. The highest BCUT2D eigenvalue weighted by molar-refractivity contribution is 5.83. The predicted octanol–water partition coefficient (Wildman–Crippen LogP) is 1.61. The maximum absolute atomic E-state index is 11.4. The Balaban J connectivity index is 2.46. The van der Waals surface area contributed by atoms with Gasteiger partial charge in [-0.2, -0.15) is 5.10 Å². The number of ether oxygens (including phenoxy) is 1. The van der Waals surface area contributed by atoms with Crippen molar-refractivity contribution in [2.75, 3.05) is 11.9 Å². The van der Waals surface area contributed by atoms with Crippen LogP contribution in [0.2, 0.25) is 0 Å². The molecule has 0 spiro atoms. The number of aliphatic hydroxyl groups is 1. The lowest BCUT2D eigenvalue weighted by Gasteiger charge is -2.19. The molecule has 6 heteroatoms. The van der Waals surface area contributed by atoms with Crippen LogP contribution in [0.15, 0.2) is 12.3 Å². The Bertz CT molecular complexity index is 368. The second-order valence-electron chi connectivity index (χ2n) is 4.67. The molecule has 1 aromatic rings. The molecular formula is C11H19N3O3. The third-order valence-corrected chi connectivity index (χ3v) is 1.82. The summed E-state index contributed by atoms with van der Waals surface area (Å²) in [5, 5.41) is 15.3. The zero-order chi connectivity index (χ0) is 12.9. The number of nitrogens with zero attached hydrogens (tertiary/aromatic N) is 2. The quantitative estimate of drug-likeness (QED) is 0.839.